The summed E-state index contributed by atoms with van der Waals surface area (Å²) in [5.74, 6) is 0.525. The summed E-state index contributed by atoms with van der Waals surface area (Å²) in [6.07, 6.45) is 2.45. The van der Waals surface area contributed by atoms with Crippen LogP contribution in [-0.4, -0.2) is 0 Å². The molecular formula is C12H25. The SMILES string of the molecule is [CH2]C(C)C(C)(CC)C(C)(C)CC. The second-order valence-electron chi connectivity index (χ2n) is 4.91. The van der Waals surface area contributed by atoms with E-state index in [1.165, 1.54) is 12.8 Å². The molecule has 1 radical (unpaired) electrons. The van der Waals surface area contributed by atoms with E-state index >= 15 is 0 Å². The van der Waals surface area contributed by atoms with Gasteiger partial charge in [-0.2, -0.15) is 0 Å². The van der Waals surface area contributed by atoms with E-state index in [4.69, 9.17) is 0 Å². The Balaban J connectivity index is 4.74. The average molecular weight is 169 g/mol. The van der Waals surface area contributed by atoms with Gasteiger partial charge in [-0.15, -0.1) is 0 Å². The van der Waals surface area contributed by atoms with Gasteiger partial charge in [0.1, 0.15) is 0 Å². The van der Waals surface area contributed by atoms with Gasteiger partial charge in [-0.3, -0.25) is 0 Å². The highest BCUT2D eigenvalue weighted by molar-refractivity contribution is 4.92. The number of hydrogen-bond donors (Lipinski definition) is 0. The van der Waals surface area contributed by atoms with Crippen LogP contribution in [0.4, 0.5) is 0 Å². The van der Waals surface area contributed by atoms with Gasteiger partial charge in [-0.25, -0.2) is 0 Å². The van der Waals surface area contributed by atoms with Crippen LogP contribution in [0.25, 0.3) is 0 Å². The average Bonchev–Trinajstić information content (AvgIpc) is 2.02. The molecule has 0 N–H and O–H groups in total. The summed E-state index contributed by atoms with van der Waals surface area (Å²) in [6.45, 7) is 18.1. The highest BCUT2D eigenvalue weighted by atomic mass is 14.4. The second kappa shape index (κ2) is 3.81. The molecule has 0 spiro atoms. The third kappa shape index (κ3) is 1.84. The molecule has 2 atom stereocenters. The topological polar surface area (TPSA) is 0 Å². The number of rotatable bonds is 4. The minimum atomic E-state index is 0.377. The maximum atomic E-state index is 4.20. The number of hydrogen-bond acceptors (Lipinski definition) is 0. The normalized spacial score (nSPS) is 18.0. The molecule has 0 aliphatic carbocycles. The van der Waals surface area contributed by atoms with Crippen molar-refractivity contribution in [3.63, 3.8) is 0 Å². The molecule has 0 aromatic carbocycles. The van der Waals surface area contributed by atoms with Crippen molar-refractivity contribution in [1.82, 2.24) is 0 Å². The second-order valence-corrected chi connectivity index (χ2v) is 4.91. The summed E-state index contributed by atoms with van der Waals surface area (Å²) >= 11 is 0. The predicted octanol–water partition coefficient (Wildman–Crippen LogP) is 4.31. The summed E-state index contributed by atoms with van der Waals surface area (Å²) in [5, 5.41) is 0. The fourth-order valence-corrected chi connectivity index (χ4v) is 1.90. The van der Waals surface area contributed by atoms with Crippen LogP contribution >= 0.6 is 0 Å². The first-order valence-corrected chi connectivity index (χ1v) is 5.15. The molecule has 0 heterocycles. The minimum absolute atomic E-state index is 0.377. The van der Waals surface area contributed by atoms with E-state index < -0.39 is 0 Å². The smallest absolute Gasteiger partial charge is 0.0252 e. The third-order valence-electron chi connectivity index (χ3n) is 4.25. The van der Waals surface area contributed by atoms with E-state index in [-0.39, 0.29) is 0 Å². The molecule has 0 aliphatic rings. The van der Waals surface area contributed by atoms with E-state index in [0.717, 1.165) is 0 Å². The lowest BCUT2D eigenvalue weighted by atomic mass is 9.58. The first-order valence-electron chi connectivity index (χ1n) is 5.15. The molecule has 0 fully saturated rings. The van der Waals surface area contributed by atoms with Crippen molar-refractivity contribution in [3.05, 3.63) is 6.92 Å². The fourth-order valence-electron chi connectivity index (χ4n) is 1.90. The maximum absolute atomic E-state index is 4.20. The largest absolute Gasteiger partial charge is 0.0649 e. The van der Waals surface area contributed by atoms with Gasteiger partial charge < -0.3 is 0 Å². The molecular weight excluding hydrogens is 144 g/mol. The van der Waals surface area contributed by atoms with Crippen molar-refractivity contribution < 1.29 is 0 Å². The van der Waals surface area contributed by atoms with Crippen molar-refractivity contribution in [1.29, 1.82) is 0 Å². The molecule has 0 aliphatic heterocycles. The summed E-state index contributed by atoms with van der Waals surface area (Å²) in [7, 11) is 0. The van der Waals surface area contributed by atoms with Crippen LogP contribution in [0.2, 0.25) is 0 Å². The van der Waals surface area contributed by atoms with E-state index in [9.17, 15) is 0 Å². The van der Waals surface area contributed by atoms with Crippen molar-refractivity contribution in [2.45, 2.75) is 54.4 Å². The molecule has 73 valence electrons. The van der Waals surface area contributed by atoms with Crippen LogP contribution in [0, 0.1) is 23.7 Å². The van der Waals surface area contributed by atoms with Crippen molar-refractivity contribution >= 4 is 0 Å². The summed E-state index contributed by atoms with van der Waals surface area (Å²) in [4.78, 5) is 0. The van der Waals surface area contributed by atoms with Gasteiger partial charge in [0.25, 0.3) is 0 Å². The van der Waals surface area contributed by atoms with E-state index in [1.807, 2.05) is 0 Å². The lowest BCUT2D eigenvalue weighted by molar-refractivity contribution is 0.0385. The fraction of sp³-hybridized carbons (Fsp3) is 0.917. The Kier molecular flexibility index (Phi) is 3.81. The predicted molar refractivity (Wildman–Crippen MR) is 57.0 cm³/mol. The summed E-state index contributed by atoms with van der Waals surface area (Å²) in [6, 6.07) is 0. The molecule has 0 saturated heterocycles. The van der Waals surface area contributed by atoms with Crippen LogP contribution in [0.5, 0.6) is 0 Å². The van der Waals surface area contributed by atoms with Crippen LogP contribution < -0.4 is 0 Å². The molecule has 12 heavy (non-hydrogen) atoms. The first kappa shape index (κ1) is 12.0. The van der Waals surface area contributed by atoms with Crippen LogP contribution in [-0.2, 0) is 0 Å². The van der Waals surface area contributed by atoms with Crippen LogP contribution in [0.3, 0.4) is 0 Å². The van der Waals surface area contributed by atoms with E-state index in [2.05, 4.69) is 48.5 Å². The highest BCUT2D eigenvalue weighted by Crippen LogP contribution is 2.48. The molecule has 0 aromatic heterocycles. The summed E-state index contributed by atoms with van der Waals surface area (Å²) < 4.78 is 0. The van der Waals surface area contributed by atoms with Gasteiger partial charge in [-0.1, -0.05) is 48.0 Å². The zero-order valence-electron chi connectivity index (χ0n) is 9.70. The lowest BCUT2D eigenvalue weighted by Crippen LogP contribution is -2.38. The maximum Gasteiger partial charge on any atom is -0.0252 e. The molecule has 0 nitrogen and oxygen atoms in total. The van der Waals surface area contributed by atoms with Gasteiger partial charge in [0.15, 0.2) is 0 Å². The van der Waals surface area contributed by atoms with Crippen LogP contribution in [0.1, 0.15) is 54.4 Å². The van der Waals surface area contributed by atoms with Crippen molar-refractivity contribution in [2.75, 3.05) is 0 Å². The van der Waals surface area contributed by atoms with E-state index in [1.54, 1.807) is 0 Å². The van der Waals surface area contributed by atoms with Crippen molar-refractivity contribution in [2.24, 2.45) is 16.7 Å². The zero-order valence-corrected chi connectivity index (χ0v) is 9.70. The van der Waals surface area contributed by atoms with Crippen molar-refractivity contribution in [3.8, 4) is 0 Å². The van der Waals surface area contributed by atoms with Gasteiger partial charge in [0, 0.05) is 0 Å². The molecule has 0 aromatic rings. The molecule has 0 heteroatoms. The monoisotopic (exact) mass is 169 g/mol. The standard InChI is InChI=1S/C12H25/c1-8-11(5,6)12(7,9-2)10(3)4/h10H,3,8-9H2,1-2,4-7H3. The first-order chi connectivity index (χ1) is 5.31. The Morgan fingerprint density at radius 2 is 1.50 bits per heavy atom. The highest BCUT2D eigenvalue weighted by Gasteiger charge is 2.40. The van der Waals surface area contributed by atoms with E-state index in [0.29, 0.717) is 16.7 Å². The van der Waals surface area contributed by atoms with Gasteiger partial charge >= 0.3 is 0 Å². The molecule has 0 rings (SSSR count). The Labute approximate surface area is 78.8 Å². The molecule has 2 unspecified atom stereocenters. The minimum Gasteiger partial charge on any atom is -0.0649 e. The lowest BCUT2D eigenvalue weighted by Gasteiger charge is -2.47. The quantitative estimate of drug-likeness (QED) is 0.588. The molecule has 0 bridgehead atoms. The molecule has 0 saturated carbocycles. The Hall–Kier alpha value is 0. The Morgan fingerprint density at radius 3 is 1.58 bits per heavy atom. The zero-order chi connectivity index (χ0) is 9.99. The Morgan fingerprint density at radius 1 is 1.08 bits per heavy atom. The van der Waals surface area contributed by atoms with Gasteiger partial charge in [0.2, 0.25) is 0 Å². The summed E-state index contributed by atoms with van der Waals surface area (Å²) in [5.41, 5.74) is 0.782. The molecule has 0 amide bonds. The van der Waals surface area contributed by atoms with Gasteiger partial charge in [0.05, 0.1) is 0 Å². The Bertz CT molecular complexity index is 133. The van der Waals surface area contributed by atoms with Crippen LogP contribution in [0.15, 0.2) is 0 Å². The third-order valence-corrected chi connectivity index (χ3v) is 4.25. The van der Waals surface area contributed by atoms with Gasteiger partial charge in [-0.05, 0) is 30.1 Å².